The van der Waals surface area contributed by atoms with E-state index in [1.807, 2.05) is 0 Å². The van der Waals surface area contributed by atoms with Gasteiger partial charge in [0.15, 0.2) is 0 Å². The Labute approximate surface area is 421 Å². The van der Waals surface area contributed by atoms with Crippen LogP contribution in [-0.2, 0) is 38.1 Å². The van der Waals surface area contributed by atoms with Gasteiger partial charge in [0.2, 0.25) is 0 Å². The van der Waals surface area contributed by atoms with Crippen molar-refractivity contribution in [1.82, 2.24) is 9.80 Å². The lowest BCUT2D eigenvalue weighted by atomic mass is 9.80. The maximum absolute atomic E-state index is 13.4. The molecule has 2 aromatic carbocycles. The van der Waals surface area contributed by atoms with Gasteiger partial charge in [-0.1, -0.05) is 78.4 Å². The molecule has 3 aliphatic rings. The van der Waals surface area contributed by atoms with Gasteiger partial charge >= 0.3 is 48.0 Å². The van der Waals surface area contributed by atoms with Gasteiger partial charge in [-0.25, -0.2) is 28.8 Å². The third-order valence-corrected chi connectivity index (χ3v) is 13.2. The summed E-state index contributed by atoms with van der Waals surface area (Å²) in [6, 6.07) is 7.92. The second kappa shape index (κ2) is 29.6. The van der Waals surface area contributed by atoms with Crippen molar-refractivity contribution in [2.45, 2.75) is 117 Å². The van der Waals surface area contributed by atoms with Crippen LogP contribution in [0.25, 0.3) is 0 Å². The summed E-state index contributed by atoms with van der Waals surface area (Å²) in [7, 11) is 0. The van der Waals surface area contributed by atoms with Crippen LogP contribution in [0.1, 0.15) is 137 Å². The van der Waals surface area contributed by atoms with Crippen molar-refractivity contribution in [2.24, 2.45) is 23.7 Å². The van der Waals surface area contributed by atoms with Crippen LogP contribution in [0.2, 0.25) is 0 Å². The van der Waals surface area contributed by atoms with Crippen LogP contribution in [0.15, 0.2) is 61.7 Å². The molecular weight excluding hydrogens is 933 g/mol. The van der Waals surface area contributed by atoms with E-state index in [-0.39, 0.29) is 98.6 Å². The van der Waals surface area contributed by atoms with E-state index >= 15 is 0 Å². The average Bonchev–Trinajstić information content (AvgIpc) is 3.39. The van der Waals surface area contributed by atoms with Gasteiger partial charge in [0.25, 0.3) is 0 Å². The molecule has 2 amide bonds. The minimum atomic E-state index is -0.908. The van der Waals surface area contributed by atoms with Crippen LogP contribution in [-0.4, -0.2) is 110 Å². The third kappa shape index (κ3) is 17.8. The second-order valence-corrected chi connectivity index (χ2v) is 18.3. The summed E-state index contributed by atoms with van der Waals surface area (Å²) in [5, 5.41) is 0. The van der Waals surface area contributed by atoms with Crippen molar-refractivity contribution >= 4 is 48.0 Å². The Kier molecular flexibility index (Phi) is 23.1. The summed E-state index contributed by atoms with van der Waals surface area (Å²) in [5.41, 5.74) is -0.367. The highest BCUT2D eigenvalue weighted by Gasteiger charge is 2.32. The number of hydrogen-bond donors (Lipinski definition) is 0. The van der Waals surface area contributed by atoms with E-state index in [4.69, 9.17) is 37.9 Å². The van der Waals surface area contributed by atoms with E-state index in [1.165, 1.54) is 71.9 Å². The van der Waals surface area contributed by atoms with E-state index in [9.17, 15) is 38.4 Å². The molecule has 2 saturated carbocycles. The number of benzene rings is 2. The Hall–Kier alpha value is -6.72. The van der Waals surface area contributed by atoms with Crippen LogP contribution in [0.5, 0.6) is 23.0 Å². The molecule has 0 spiro atoms. The van der Waals surface area contributed by atoms with Gasteiger partial charge in [-0.15, -0.1) is 0 Å². The van der Waals surface area contributed by atoms with Gasteiger partial charge in [0.1, 0.15) is 60.6 Å². The maximum Gasteiger partial charge on any atom is 0.415 e. The molecule has 0 radical (unpaired) electrons. The number of carbonyl (C=O) groups excluding carboxylic acids is 8. The van der Waals surface area contributed by atoms with Gasteiger partial charge in [-0.3, -0.25) is 9.59 Å². The Morgan fingerprint density at radius 1 is 0.500 bits per heavy atom. The Morgan fingerprint density at radius 3 is 1.21 bits per heavy atom. The number of piperazine rings is 1. The van der Waals surface area contributed by atoms with Gasteiger partial charge < -0.3 is 47.7 Å². The number of carbonyl (C=O) groups is 8. The molecule has 2 aromatic rings. The SMILES string of the molecule is C=CC(=O)OCCOC(=O)c1cc(OC(=O)N2CCN(C(=O)Oc3ccc(OC(=O)C4CCC(CCCCC)CC4)c(C(=O)OCCOC(=O)C=C)c3)CC2)ccc1OC(=O)C1CCC(CCCCC)CC1. The molecule has 0 unspecified atom stereocenters. The van der Waals surface area contributed by atoms with Gasteiger partial charge in [-0.2, -0.15) is 0 Å². The summed E-state index contributed by atoms with van der Waals surface area (Å²) >= 11 is 0. The van der Waals surface area contributed by atoms with E-state index < -0.39 is 48.0 Å². The zero-order chi connectivity index (χ0) is 51.8. The largest absolute Gasteiger partial charge is 0.459 e. The number of esters is 6. The predicted octanol–water partition coefficient (Wildman–Crippen LogP) is 9.36. The first-order valence-electron chi connectivity index (χ1n) is 25.4. The molecule has 1 heterocycles. The number of hydrogen-bond acceptors (Lipinski definition) is 16. The first kappa shape index (κ1) is 56.2. The van der Waals surface area contributed by atoms with Crippen molar-refractivity contribution < 1.29 is 76.3 Å². The average molecular weight is 1000 g/mol. The molecule has 3 fully saturated rings. The first-order valence-corrected chi connectivity index (χ1v) is 25.4. The molecule has 1 saturated heterocycles. The molecule has 392 valence electrons. The Balaban J connectivity index is 1.18. The highest BCUT2D eigenvalue weighted by Crippen LogP contribution is 2.36. The van der Waals surface area contributed by atoms with E-state index in [1.54, 1.807) is 0 Å². The number of ether oxygens (including phenoxy) is 8. The van der Waals surface area contributed by atoms with E-state index in [0.717, 1.165) is 63.5 Å². The van der Waals surface area contributed by atoms with Crippen LogP contribution >= 0.6 is 0 Å². The van der Waals surface area contributed by atoms with Crippen molar-refractivity contribution in [2.75, 3.05) is 52.6 Å². The molecule has 18 nitrogen and oxygen atoms in total. The van der Waals surface area contributed by atoms with Crippen LogP contribution in [0, 0.1) is 23.7 Å². The lowest BCUT2D eigenvalue weighted by Crippen LogP contribution is -2.52. The lowest BCUT2D eigenvalue weighted by molar-refractivity contribution is -0.141. The van der Waals surface area contributed by atoms with Gasteiger partial charge in [0, 0.05) is 38.3 Å². The fourth-order valence-corrected chi connectivity index (χ4v) is 8.99. The molecule has 2 aliphatic carbocycles. The number of rotatable bonds is 24. The highest BCUT2D eigenvalue weighted by atomic mass is 16.6. The fraction of sp³-hybridized carbons (Fsp3) is 0.556. The number of nitrogens with zero attached hydrogens (tertiary/aromatic N) is 2. The monoisotopic (exact) mass is 1000 g/mol. The fourth-order valence-electron chi connectivity index (χ4n) is 8.99. The van der Waals surface area contributed by atoms with Crippen LogP contribution in [0.3, 0.4) is 0 Å². The predicted molar refractivity (Wildman–Crippen MR) is 261 cm³/mol. The second-order valence-electron chi connectivity index (χ2n) is 18.3. The molecule has 0 N–H and O–H groups in total. The molecule has 72 heavy (non-hydrogen) atoms. The first-order chi connectivity index (χ1) is 34.8. The summed E-state index contributed by atoms with van der Waals surface area (Å²) in [6.45, 7) is 10.0. The molecular formula is C54H70N2O16. The minimum Gasteiger partial charge on any atom is -0.459 e. The highest BCUT2D eigenvalue weighted by molar-refractivity contribution is 5.95. The van der Waals surface area contributed by atoms with Crippen molar-refractivity contribution in [1.29, 1.82) is 0 Å². The van der Waals surface area contributed by atoms with Crippen molar-refractivity contribution in [3.63, 3.8) is 0 Å². The molecule has 0 atom stereocenters. The summed E-state index contributed by atoms with van der Waals surface area (Å²) in [6.07, 6.45) is 16.0. The number of amides is 2. The zero-order valence-electron chi connectivity index (χ0n) is 41.7. The normalized spacial score (nSPS) is 18.6. The summed E-state index contributed by atoms with van der Waals surface area (Å²) in [5.74, 6) is -3.97. The van der Waals surface area contributed by atoms with Crippen molar-refractivity contribution in [3.8, 4) is 23.0 Å². The van der Waals surface area contributed by atoms with E-state index in [2.05, 4.69) is 27.0 Å². The lowest BCUT2D eigenvalue weighted by Gasteiger charge is -2.33. The third-order valence-electron chi connectivity index (χ3n) is 13.2. The minimum absolute atomic E-state index is 0.0341. The van der Waals surface area contributed by atoms with Gasteiger partial charge in [-0.05, 0) is 99.6 Å². The molecule has 18 heteroatoms. The summed E-state index contributed by atoms with van der Waals surface area (Å²) in [4.78, 5) is 106. The molecule has 0 aromatic heterocycles. The molecule has 5 rings (SSSR count). The Morgan fingerprint density at radius 2 is 0.861 bits per heavy atom. The Bertz CT molecular complexity index is 2050. The van der Waals surface area contributed by atoms with Crippen LogP contribution < -0.4 is 18.9 Å². The smallest absolute Gasteiger partial charge is 0.415 e. The van der Waals surface area contributed by atoms with Gasteiger partial charge in [0.05, 0.1) is 11.8 Å². The van der Waals surface area contributed by atoms with Crippen molar-refractivity contribution in [3.05, 3.63) is 72.8 Å². The summed E-state index contributed by atoms with van der Waals surface area (Å²) < 4.78 is 43.2. The number of unbranched alkanes of at least 4 members (excludes halogenated alkanes) is 4. The van der Waals surface area contributed by atoms with Crippen LogP contribution in [0.4, 0.5) is 9.59 Å². The molecule has 0 bridgehead atoms. The quantitative estimate of drug-likeness (QED) is 0.0315. The topological polar surface area (TPSA) is 217 Å². The maximum atomic E-state index is 13.4. The van der Waals surface area contributed by atoms with E-state index in [0.29, 0.717) is 37.5 Å². The molecule has 1 aliphatic heterocycles. The standard InChI is InChI=1S/C54H70N2O16/c1-5-9-11-13-37-15-19-39(20-16-37)49(59)71-45-25-23-41(35-43(45)51(61)67-33-31-65-47(57)7-3)69-53(63)55-27-29-56(30-28-55)54(64)70-42-24-26-46(44(36-42)52(62)68-34-32-66-48(58)8-4)72-50(60)40-21-17-38(18-22-40)14-12-10-6-2/h7-8,23-26,35-40H,3-6,9-22,27-34H2,1-2H3. The zero-order valence-corrected chi connectivity index (χ0v) is 41.7.